The van der Waals surface area contributed by atoms with E-state index in [1.54, 1.807) is 23.7 Å². The molecular formula is C9H8N2OS. The van der Waals surface area contributed by atoms with Crippen molar-refractivity contribution in [1.29, 1.82) is 0 Å². The van der Waals surface area contributed by atoms with E-state index in [0.29, 0.717) is 0 Å². The highest BCUT2D eigenvalue weighted by atomic mass is 32.1. The van der Waals surface area contributed by atoms with Gasteiger partial charge in [-0.05, 0) is 19.1 Å². The zero-order valence-corrected chi connectivity index (χ0v) is 7.91. The van der Waals surface area contributed by atoms with Crippen molar-refractivity contribution in [2.45, 2.75) is 6.92 Å². The zero-order valence-electron chi connectivity index (χ0n) is 7.10. The maximum absolute atomic E-state index is 10.7. The summed E-state index contributed by atoms with van der Waals surface area (Å²) >= 11 is 1.61. The van der Waals surface area contributed by atoms with E-state index in [1.165, 1.54) is 13.0 Å². The Hall–Kier alpha value is -1.42. The van der Waals surface area contributed by atoms with Gasteiger partial charge < -0.3 is 0 Å². The second kappa shape index (κ2) is 3.14. The summed E-state index contributed by atoms with van der Waals surface area (Å²) in [6.07, 6.45) is 6.96. The van der Waals surface area contributed by atoms with Crippen molar-refractivity contribution >= 4 is 28.0 Å². The van der Waals surface area contributed by atoms with E-state index in [1.807, 2.05) is 16.0 Å². The van der Waals surface area contributed by atoms with Crippen LogP contribution in [0.5, 0.6) is 0 Å². The first-order chi connectivity index (χ1) is 6.27. The second-order valence-corrected chi connectivity index (χ2v) is 3.58. The summed E-state index contributed by atoms with van der Waals surface area (Å²) in [5, 5.41) is 1.99. The number of carbonyl (C=O) groups is 1. The number of aromatic nitrogens is 2. The number of hydrogen-bond donors (Lipinski definition) is 0. The molecule has 0 bridgehead atoms. The SMILES string of the molecule is CC(=O)C=Cc1ncn2ccsc12. The topological polar surface area (TPSA) is 34.4 Å². The summed E-state index contributed by atoms with van der Waals surface area (Å²) in [4.78, 5) is 15.9. The number of carbonyl (C=O) groups excluding carboxylic acids is 1. The van der Waals surface area contributed by atoms with E-state index in [2.05, 4.69) is 4.98 Å². The fourth-order valence-corrected chi connectivity index (χ4v) is 1.85. The molecule has 2 heterocycles. The van der Waals surface area contributed by atoms with Crippen LogP contribution in [0.3, 0.4) is 0 Å². The van der Waals surface area contributed by atoms with E-state index in [4.69, 9.17) is 0 Å². The van der Waals surface area contributed by atoms with Crippen LogP contribution in [0.1, 0.15) is 12.6 Å². The molecular weight excluding hydrogens is 184 g/mol. The molecule has 0 saturated heterocycles. The number of rotatable bonds is 2. The number of fused-ring (bicyclic) bond motifs is 1. The third kappa shape index (κ3) is 1.53. The molecule has 0 atom stereocenters. The average Bonchev–Trinajstić information content (AvgIpc) is 2.60. The van der Waals surface area contributed by atoms with Gasteiger partial charge in [0.25, 0.3) is 0 Å². The van der Waals surface area contributed by atoms with Gasteiger partial charge in [-0.3, -0.25) is 9.20 Å². The van der Waals surface area contributed by atoms with Gasteiger partial charge in [0.2, 0.25) is 0 Å². The molecule has 0 aliphatic heterocycles. The first-order valence-corrected chi connectivity index (χ1v) is 4.74. The molecule has 0 saturated carbocycles. The molecule has 0 fully saturated rings. The standard InChI is InChI=1S/C9H8N2OS/c1-7(12)2-3-8-9-11(6-10-8)4-5-13-9/h2-6H,1H3. The van der Waals surface area contributed by atoms with Gasteiger partial charge in [-0.15, -0.1) is 11.3 Å². The molecule has 0 N–H and O–H groups in total. The summed E-state index contributed by atoms with van der Waals surface area (Å²) in [6.45, 7) is 1.53. The third-order valence-corrected chi connectivity index (χ3v) is 2.55. The third-order valence-electron chi connectivity index (χ3n) is 1.65. The van der Waals surface area contributed by atoms with Crippen LogP contribution >= 0.6 is 11.3 Å². The molecule has 0 amide bonds. The highest BCUT2D eigenvalue weighted by Crippen LogP contribution is 2.16. The fraction of sp³-hybridized carbons (Fsp3) is 0.111. The molecule has 4 heteroatoms. The van der Waals surface area contributed by atoms with Gasteiger partial charge in [-0.1, -0.05) is 0 Å². The van der Waals surface area contributed by atoms with Gasteiger partial charge in [-0.25, -0.2) is 4.98 Å². The number of imidazole rings is 1. The van der Waals surface area contributed by atoms with Crippen LogP contribution < -0.4 is 0 Å². The van der Waals surface area contributed by atoms with E-state index in [0.717, 1.165) is 10.5 Å². The Labute approximate surface area is 79.3 Å². The summed E-state index contributed by atoms with van der Waals surface area (Å²) in [6, 6.07) is 0. The molecule has 0 spiro atoms. The first-order valence-electron chi connectivity index (χ1n) is 3.86. The number of allylic oxidation sites excluding steroid dienone is 1. The van der Waals surface area contributed by atoms with Crippen molar-refractivity contribution in [2.75, 3.05) is 0 Å². The Bertz CT molecular complexity index is 467. The molecule has 3 nitrogen and oxygen atoms in total. The van der Waals surface area contributed by atoms with Crippen LogP contribution in [0.15, 0.2) is 24.0 Å². The predicted molar refractivity (Wildman–Crippen MR) is 52.8 cm³/mol. The maximum Gasteiger partial charge on any atom is 0.152 e. The maximum atomic E-state index is 10.7. The van der Waals surface area contributed by atoms with Gasteiger partial charge in [-0.2, -0.15) is 0 Å². The summed E-state index contributed by atoms with van der Waals surface area (Å²) in [5.41, 5.74) is 0.852. The van der Waals surface area contributed by atoms with Crippen LogP contribution in [0.4, 0.5) is 0 Å². The Morgan fingerprint density at radius 3 is 3.31 bits per heavy atom. The second-order valence-electron chi connectivity index (χ2n) is 2.69. The van der Waals surface area contributed by atoms with E-state index >= 15 is 0 Å². The molecule has 0 unspecified atom stereocenters. The van der Waals surface area contributed by atoms with Crippen molar-refractivity contribution in [3.05, 3.63) is 29.7 Å². The quantitative estimate of drug-likeness (QED) is 0.682. The minimum absolute atomic E-state index is 0.0395. The van der Waals surface area contributed by atoms with Crippen molar-refractivity contribution in [1.82, 2.24) is 9.38 Å². The largest absolute Gasteiger partial charge is 0.296 e. The lowest BCUT2D eigenvalue weighted by molar-refractivity contribution is -0.112. The highest BCUT2D eigenvalue weighted by molar-refractivity contribution is 7.15. The molecule has 0 aromatic carbocycles. The minimum atomic E-state index is 0.0395. The lowest BCUT2D eigenvalue weighted by Crippen LogP contribution is -1.79. The van der Waals surface area contributed by atoms with Crippen LogP contribution in [0.2, 0.25) is 0 Å². The van der Waals surface area contributed by atoms with Gasteiger partial charge >= 0.3 is 0 Å². The normalized spacial score (nSPS) is 11.5. The first kappa shape index (κ1) is 8.19. The van der Waals surface area contributed by atoms with Gasteiger partial charge in [0.05, 0.1) is 5.69 Å². The number of ketones is 1. The zero-order chi connectivity index (χ0) is 9.26. The fourth-order valence-electron chi connectivity index (χ4n) is 1.06. The molecule has 0 radical (unpaired) electrons. The number of nitrogens with zero attached hydrogens (tertiary/aromatic N) is 2. The Morgan fingerprint density at radius 1 is 1.69 bits per heavy atom. The minimum Gasteiger partial charge on any atom is -0.296 e. The van der Waals surface area contributed by atoms with Gasteiger partial charge in [0.1, 0.15) is 11.2 Å². The number of thiazole rings is 1. The molecule has 0 aliphatic carbocycles. The molecule has 2 aromatic rings. The van der Waals surface area contributed by atoms with Crippen LogP contribution in [0.25, 0.3) is 10.9 Å². The Morgan fingerprint density at radius 2 is 2.54 bits per heavy atom. The summed E-state index contributed by atoms with van der Waals surface area (Å²) < 4.78 is 1.93. The van der Waals surface area contributed by atoms with Gasteiger partial charge in [0.15, 0.2) is 5.78 Å². The molecule has 2 aromatic heterocycles. The van der Waals surface area contributed by atoms with Crippen LogP contribution in [-0.2, 0) is 4.79 Å². The average molecular weight is 192 g/mol. The monoisotopic (exact) mass is 192 g/mol. The molecule has 2 rings (SSSR count). The lowest BCUT2D eigenvalue weighted by atomic mass is 10.3. The van der Waals surface area contributed by atoms with E-state index in [-0.39, 0.29) is 5.78 Å². The molecule has 13 heavy (non-hydrogen) atoms. The Balaban J connectivity index is 2.43. The molecule has 66 valence electrons. The van der Waals surface area contributed by atoms with Crippen LogP contribution in [-0.4, -0.2) is 15.2 Å². The predicted octanol–water partition coefficient (Wildman–Crippen LogP) is 2.00. The number of hydrogen-bond acceptors (Lipinski definition) is 3. The van der Waals surface area contributed by atoms with Crippen molar-refractivity contribution in [3.63, 3.8) is 0 Å². The van der Waals surface area contributed by atoms with Gasteiger partial charge in [0, 0.05) is 11.6 Å². The smallest absolute Gasteiger partial charge is 0.152 e. The van der Waals surface area contributed by atoms with Crippen LogP contribution in [0, 0.1) is 0 Å². The lowest BCUT2D eigenvalue weighted by Gasteiger charge is -1.82. The van der Waals surface area contributed by atoms with E-state index < -0.39 is 0 Å². The summed E-state index contributed by atoms with van der Waals surface area (Å²) in [5.74, 6) is 0.0395. The Kier molecular flexibility index (Phi) is 1.98. The molecule has 0 aliphatic rings. The van der Waals surface area contributed by atoms with Crippen molar-refractivity contribution in [2.24, 2.45) is 0 Å². The summed E-state index contributed by atoms with van der Waals surface area (Å²) in [7, 11) is 0. The van der Waals surface area contributed by atoms with E-state index in [9.17, 15) is 4.79 Å². The van der Waals surface area contributed by atoms with Crippen molar-refractivity contribution in [3.8, 4) is 0 Å². The van der Waals surface area contributed by atoms with Crippen molar-refractivity contribution < 1.29 is 4.79 Å². The highest BCUT2D eigenvalue weighted by Gasteiger charge is 2.00.